The van der Waals surface area contributed by atoms with Crippen LogP contribution in [0, 0.1) is 59.8 Å². The molecule has 0 fully saturated rings. The second kappa shape index (κ2) is 20.7. The van der Waals surface area contributed by atoms with Crippen LogP contribution in [0.1, 0.15) is 63.6 Å². The van der Waals surface area contributed by atoms with Gasteiger partial charge in [-0.05, 0) is 125 Å². The first-order chi connectivity index (χ1) is 42.0. The van der Waals surface area contributed by atoms with Gasteiger partial charge >= 0.3 is 18.0 Å². The van der Waals surface area contributed by atoms with Crippen molar-refractivity contribution in [2.75, 3.05) is 0 Å². The van der Waals surface area contributed by atoms with Crippen LogP contribution < -0.4 is 0 Å². The fraction of sp³-hybridized carbons (Fsp3) is 0.145. The average Bonchev–Trinajstić information content (AvgIpc) is 1.18. The van der Waals surface area contributed by atoms with Crippen molar-refractivity contribution in [1.29, 1.82) is 0 Å². The molecule has 3 heterocycles. The Labute approximate surface area is 463 Å². The summed E-state index contributed by atoms with van der Waals surface area (Å²) in [5, 5.41) is 1.05. The fourth-order valence-corrected chi connectivity index (χ4v) is 8.19. The zero-order valence-electron chi connectivity index (χ0n) is 55.7. The van der Waals surface area contributed by atoms with E-state index in [0.29, 0.717) is 27.5 Å². The Hall–Kier alpha value is -7.71. The van der Waals surface area contributed by atoms with Gasteiger partial charge in [-0.1, -0.05) is 126 Å². The number of aromatic nitrogens is 2. The molecule has 4 nitrogen and oxygen atoms in total. The van der Waals surface area contributed by atoms with Gasteiger partial charge in [0.05, 0.1) is 12.2 Å². The van der Waals surface area contributed by atoms with E-state index in [1.807, 2.05) is 54.6 Å². The summed E-state index contributed by atoms with van der Waals surface area (Å²) in [6.45, 7) is -10.0. The number of nitrogens with zero attached hydrogens (tertiary/aromatic N) is 3. The third-order valence-corrected chi connectivity index (χ3v) is 11.8. The number of hydrogen-bond acceptors (Lipinski definition) is 3. The van der Waals surface area contributed by atoms with Crippen LogP contribution in [-0.2, 0) is 26.0 Å². The molecule has 7 aromatic carbocycles. The van der Waals surface area contributed by atoms with Crippen molar-refractivity contribution >= 4 is 27.6 Å². The summed E-state index contributed by atoms with van der Waals surface area (Å²) in [6.07, 6.45) is -5.38. The molecule has 3 aromatic heterocycles. The smallest absolute Gasteiger partial charge is 0.460 e. The Balaban J connectivity index is 0.000000248. The van der Waals surface area contributed by atoms with E-state index in [9.17, 15) is 30.7 Å². The largest absolute Gasteiger partial charge is 0.500 e. The van der Waals surface area contributed by atoms with Crippen LogP contribution in [0.2, 0.25) is 0 Å². The van der Waals surface area contributed by atoms with Crippen molar-refractivity contribution in [2.24, 2.45) is 0 Å². The quantitative estimate of drug-likeness (QED) is 0.112. The van der Waals surface area contributed by atoms with E-state index < -0.39 is 76.0 Å². The van der Waals surface area contributed by atoms with Crippen molar-refractivity contribution in [3.8, 4) is 67.0 Å². The monoisotopic (exact) mass is 1190 g/mol. The molecular formula is C62H44F7IrN3O-2. The number of hydrogen-bond donors (Lipinski definition) is 0. The number of fused-ring (bicyclic) bond motifs is 3. The molecule has 373 valence electrons. The molecule has 0 N–H and O–H groups in total. The molecule has 0 aliphatic carbocycles. The van der Waals surface area contributed by atoms with E-state index in [-0.39, 0.29) is 111 Å². The first-order valence-electron chi connectivity index (χ1n) is 30.6. The molecule has 12 heteroatoms. The third-order valence-electron chi connectivity index (χ3n) is 11.8. The van der Waals surface area contributed by atoms with Crippen molar-refractivity contribution in [1.82, 2.24) is 9.97 Å². The second-order valence-electron chi connectivity index (χ2n) is 16.5. The summed E-state index contributed by atoms with van der Waals surface area (Å²) in [5.74, 6) is -12.6. The van der Waals surface area contributed by atoms with Crippen LogP contribution in [0.5, 0.6) is 0 Å². The molecule has 0 aliphatic heterocycles. The summed E-state index contributed by atoms with van der Waals surface area (Å²) < 4.78 is 247. The summed E-state index contributed by atoms with van der Waals surface area (Å²) in [5.41, 5.74) is -1.46. The average molecular weight is 1190 g/mol. The van der Waals surface area contributed by atoms with Gasteiger partial charge in [-0.25, -0.2) is 4.85 Å². The van der Waals surface area contributed by atoms with E-state index in [2.05, 4.69) is 26.9 Å². The Morgan fingerprint density at radius 1 is 0.554 bits per heavy atom. The number of pyridine rings is 2. The van der Waals surface area contributed by atoms with Gasteiger partial charge in [0.2, 0.25) is 0 Å². The predicted molar refractivity (Wildman–Crippen MR) is 276 cm³/mol. The van der Waals surface area contributed by atoms with Crippen LogP contribution in [0.15, 0.2) is 162 Å². The molecule has 74 heavy (non-hydrogen) atoms. The molecule has 0 bridgehead atoms. The normalized spacial score (nSPS) is 16.4. The first-order valence-corrected chi connectivity index (χ1v) is 21.6. The number of halogens is 7. The number of benzene rings is 7. The molecule has 0 unspecified atom stereocenters. The topological polar surface area (TPSA) is 43.3 Å². The van der Waals surface area contributed by atoms with Crippen molar-refractivity contribution in [2.45, 2.75) is 59.1 Å². The van der Waals surface area contributed by atoms with E-state index in [4.69, 9.17) is 35.7 Å². The van der Waals surface area contributed by atoms with Gasteiger partial charge in [-0.2, -0.15) is 30.7 Å². The van der Waals surface area contributed by atoms with Crippen molar-refractivity contribution < 1.29 is 79.9 Å². The van der Waals surface area contributed by atoms with Gasteiger partial charge in [0.1, 0.15) is 5.58 Å². The van der Waals surface area contributed by atoms with Crippen molar-refractivity contribution in [3.63, 3.8) is 0 Å². The molecule has 0 amide bonds. The predicted octanol–water partition coefficient (Wildman–Crippen LogP) is 18.4. The summed E-state index contributed by atoms with van der Waals surface area (Å²) in [6, 6.07) is 42.3. The number of rotatable bonds is 8. The molecule has 10 rings (SSSR count). The maximum atomic E-state index is 14.7. The van der Waals surface area contributed by atoms with Gasteiger partial charge in [0, 0.05) is 73.7 Å². The van der Waals surface area contributed by atoms with Gasteiger partial charge in [-0.3, -0.25) is 0 Å². The van der Waals surface area contributed by atoms with Gasteiger partial charge in [-0.15, -0.1) is 47.5 Å². The number of furan rings is 1. The van der Waals surface area contributed by atoms with Gasteiger partial charge < -0.3 is 14.4 Å². The molecular weight excluding hydrogens is 1130 g/mol. The van der Waals surface area contributed by atoms with Crippen LogP contribution in [0.25, 0.3) is 93.8 Å². The van der Waals surface area contributed by atoms with Crippen molar-refractivity contribution in [3.05, 3.63) is 220 Å². The zero-order valence-corrected chi connectivity index (χ0v) is 40.1. The van der Waals surface area contributed by atoms with Crippen LogP contribution in [-0.4, -0.2) is 22.1 Å². The first kappa shape index (κ1) is 33.9. The van der Waals surface area contributed by atoms with Gasteiger partial charge in [0.15, 0.2) is 5.69 Å². The molecule has 0 spiro atoms. The van der Waals surface area contributed by atoms with E-state index >= 15 is 0 Å². The molecule has 10 aromatic rings. The van der Waals surface area contributed by atoms with Crippen LogP contribution >= 0.6 is 0 Å². The van der Waals surface area contributed by atoms with Crippen LogP contribution in [0.3, 0.4) is 0 Å². The number of alkyl halides is 7. The maximum absolute atomic E-state index is 14.7. The SMILES string of the molecule is [2H]C([2H])([2H])c1c[c-]c(-c2cc(C(F)(F)C(F)(F)C(F)(F)F)c(C([2H])([2H])[2H])cn2)cc1-c1ccc([N+]#[C-])cc1.[2H]C([2H])([2H])c1cc(-c2cccc(-c3ccccc3)c2)c2oc3c(-c4cc(-c5c(C([2H])([2H])[2H])cccc5C([2H])([2H])[2H])c(C([2H])([2H])[2H])cn4)[c-]ccc3c2c1.[Ir]. The third kappa shape index (κ3) is 9.90. The minimum Gasteiger partial charge on any atom is -0.500 e. The summed E-state index contributed by atoms with van der Waals surface area (Å²) >= 11 is 0. The molecule has 0 saturated heterocycles. The summed E-state index contributed by atoms with van der Waals surface area (Å²) in [7, 11) is 0. The molecule has 0 atom stereocenters. The fourth-order valence-electron chi connectivity index (χ4n) is 8.19. The standard InChI is InChI=1S/C39H30NO.C23H14F7N2.Ir/c1-24-19-34(30-16-9-15-29(21-30)28-13-6-5-7-14-28)39-35(20-24)31-17-10-18-32(38(31)41-39)36-22-33(27(4)23-40-36)37-25(2)11-8-12-26(37)3;1-13-4-5-16(10-18(13)15-6-8-17(31-3)9-7-15)20-11-19(14(2)12-32-20)21(24,25)22(26,27)23(28,29)30;/h5-17,19-23H,1-4H3;4,6-12H,1-2H3;/q2*-1;/i1D3,2D3,3D3,4D3;1D3,2D3;. The Morgan fingerprint density at radius 3 is 1.92 bits per heavy atom. The molecule has 0 saturated carbocycles. The van der Waals surface area contributed by atoms with E-state index in [1.54, 1.807) is 24.3 Å². The Kier molecular flexibility index (Phi) is 9.47. The summed E-state index contributed by atoms with van der Waals surface area (Å²) in [4.78, 5) is 11.3. The Bertz CT molecular complexity index is 4430. The van der Waals surface area contributed by atoms with E-state index in [1.165, 1.54) is 48.5 Å². The second-order valence-corrected chi connectivity index (χ2v) is 16.5. The van der Waals surface area contributed by atoms with Crippen LogP contribution in [0.4, 0.5) is 36.4 Å². The molecule has 0 aliphatic rings. The zero-order chi connectivity index (χ0) is 67.0. The molecule has 1 radical (unpaired) electrons. The van der Waals surface area contributed by atoms with Gasteiger partial charge in [0.25, 0.3) is 0 Å². The maximum Gasteiger partial charge on any atom is 0.460 e. The Morgan fingerprint density at radius 2 is 1.23 bits per heavy atom. The van der Waals surface area contributed by atoms with E-state index in [0.717, 1.165) is 29.5 Å². The minimum absolute atomic E-state index is 0. The number of aryl methyl sites for hydroxylation is 6. The minimum atomic E-state index is -6.72.